The average Bonchev–Trinajstić information content (AvgIpc) is 2.54. The molecule has 0 aromatic heterocycles. The first-order chi connectivity index (χ1) is 10.4. The first kappa shape index (κ1) is 13.2. The Kier molecular flexibility index (Phi) is 3.85. The first-order valence-electron chi connectivity index (χ1n) is 7.05. The van der Waals surface area contributed by atoms with E-state index in [0.29, 0.717) is 0 Å². The molecule has 100 valence electrons. The van der Waals surface area contributed by atoms with Crippen molar-refractivity contribution in [1.82, 2.24) is 0 Å². The lowest BCUT2D eigenvalue weighted by atomic mass is 9.92. The van der Waals surface area contributed by atoms with Gasteiger partial charge in [0.2, 0.25) is 0 Å². The van der Waals surface area contributed by atoms with Crippen LogP contribution in [-0.4, -0.2) is 0 Å². The zero-order chi connectivity index (χ0) is 14.5. The normalized spacial score (nSPS) is 10.3. The van der Waals surface area contributed by atoms with Gasteiger partial charge in [0.05, 0.1) is 5.92 Å². The summed E-state index contributed by atoms with van der Waals surface area (Å²) in [7, 11) is 0. The largest absolute Gasteiger partial charge is 0.119 e. The lowest BCUT2D eigenvalue weighted by Crippen LogP contribution is -1.96. The molecule has 2 aliphatic carbocycles. The fourth-order valence-corrected chi connectivity index (χ4v) is 2.34. The Balaban J connectivity index is 0.000000180. The van der Waals surface area contributed by atoms with Crippen molar-refractivity contribution in [3.63, 3.8) is 0 Å². The highest BCUT2D eigenvalue weighted by Crippen LogP contribution is 2.29. The third-order valence-electron chi connectivity index (χ3n) is 3.65. The van der Waals surface area contributed by atoms with Crippen LogP contribution in [0.2, 0.25) is 0 Å². The van der Waals surface area contributed by atoms with Gasteiger partial charge in [0.15, 0.2) is 0 Å². The van der Waals surface area contributed by atoms with E-state index in [4.69, 9.17) is 6.42 Å². The van der Waals surface area contributed by atoms with Crippen molar-refractivity contribution in [2.24, 2.45) is 0 Å². The molecule has 0 bridgehead atoms. The molecule has 0 spiro atoms. The molecule has 0 fully saturated rings. The molecular weight excluding hydrogens is 252 g/mol. The molecule has 2 aromatic carbocycles. The number of hydrogen-bond acceptors (Lipinski definition) is 0. The first-order valence-corrected chi connectivity index (χ1v) is 7.05. The van der Waals surface area contributed by atoms with Crippen molar-refractivity contribution in [2.75, 3.05) is 0 Å². The van der Waals surface area contributed by atoms with Gasteiger partial charge in [-0.05, 0) is 22.3 Å². The van der Waals surface area contributed by atoms with Crippen molar-refractivity contribution in [1.29, 1.82) is 0 Å². The molecular formula is C21H16. The minimum absolute atomic E-state index is 0.0624. The van der Waals surface area contributed by atoms with Crippen molar-refractivity contribution in [3.8, 4) is 23.5 Å². The fraction of sp³-hybridized carbons (Fsp3) is 0.0476. The maximum atomic E-state index is 5.59. The van der Waals surface area contributed by atoms with E-state index in [0.717, 1.165) is 0 Å². The maximum Gasteiger partial charge on any atom is 0.0699 e. The number of rotatable bonds is 2. The van der Waals surface area contributed by atoms with E-state index >= 15 is 0 Å². The highest BCUT2D eigenvalue weighted by atomic mass is 14.1. The average molecular weight is 268 g/mol. The zero-order valence-electron chi connectivity index (χ0n) is 11.7. The summed E-state index contributed by atoms with van der Waals surface area (Å²) in [6, 6.07) is 28.8. The summed E-state index contributed by atoms with van der Waals surface area (Å²) in [5.41, 5.74) is 5.20. The standard InChI is InChI=1S/C15H12.C6H4/c1-2-15(13-9-5-3-6-10-13)14-11-7-4-8-12-14;1-2-6-4-3-5(1)6/h1,3-12,15H;1-4H. The molecule has 0 amide bonds. The molecule has 0 saturated carbocycles. The van der Waals surface area contributed by atoms with Crippen LogP contribution in [0.4, 0.5) is 0 Å². The summed E-state index contributed by atoms with van der Waals surface area (Å²) in [5, 5.41) is 0. The predicted octanol–water partition coefficient (Wildman–Crippen LogP) is 5.12. The van der Waals surface area contributed by atoms with Crippen LogP contribution in [0.1, 0.15) is 17.0 Å². The fourth-order valence-electron chi connectivity index (χ4n) is 2.34. The van der Waals surface area contributed by atoms with Gasteiger partial charge in [0.1, 0.15) is 0 Å². The van der Waals surface area contributed by atoms with Gasteiger partial charge in [-0.1, -0.05) is 90.8 Å². The zero-order valence-corrected chi connectivity index (χ0v) is 11.7. The molecule has 0 heteroatoms. The molecule has 4 rings (SSSR count). The summed E-state index contributed by atoms with van der Waals surface area (Å²) >= 11 is 0. The molecule has 0 nitrogen and oxygen atoms in total. The smallest absolute Gasteiger partial charge is 0.0699 e. The van der Waals surface area contributed by atoms with Crippen LogP contribution in [0.25, 0.3) is 11.1 Å². The lowest BCUT2D eigenvalue weighted by Gasteiger charge is -2.10. The molecule has 0 radical (unpaired) electrons. The van der Waals surface area contributed by atoms with Crippen LogP contribution in [0, 0.1) is 12.3 Å². The number of hydrogen-bond donors (Lipinski definition) is 0. The van der Waals surface area contributed by atoms with Crippen LogP contribution in [0.5, 0.6) is 0 Å². The van der Waals surface area contributed by atoms with Crippen molar-refractivity contribution < 1.29 is 0 Å². The van der Waals surface area contributed by atoms with Gasteiger partial charge in [-0.25, -0.2) is 0 Å². The van der Waals surface area contributed by atoms with Gasteiger partial charge in [-0.15, -0.1) is 6.42 Å². The van der Waals surface area contributed by atoms with Gasteiger partial charge < -0.3 is 0 Å². The molecule has 21 heavy (non-hydrogen) atoms. The van der Waals surface area contributed by atoms with Gasteiger partial charge in [0.25, 0.3) is 0 Å². The van der Waals surface area contributed by atoms with Gasteiger partial charge in [-0.2, -0.15) is 0 Å². The quantitative estimate of drug-likeness (QED) is 0.443. The number of benzene rings is 3. The maximum absolute atomic E-state index is 5.59. The molecule has 0 atom stereocenters. The highest BCUT2D eigenvalue weighted by Gasteiger charge is 2.09. The van der Waals surface area contributed by atoms with Crippen molar-refractivity contribution >= 4 is 0 Å². The van der Waals surface area contributed by atoms with Crippen LogP contribution in [0.15, 0.2) is 84.9 Å². The minimum atomic E-state index is 0.0624. The summed E-state index contributed by atoms with van der Waals surface area (Å²) in [4.78, 5) is 0. The van der Waals surface area contributed by atoms with E-state index in [2.05, 4.69) is 54.5 Å². The summed E-state index contributed by atoms with van der Waals surface area (Å²) in [6.45, 7) is 0. The Bertz CT molecular complexity index is 671. The minimum Gasteiger partial charge on any atom is -0.119 e. The molecule has 0 heterocycles. The topological polar surface area (TPSA) is 0 Å². The SMILES string of the molecule is C#CC(c1ccccc1)c1ccccc1.c1cc2ccc1-2. The number of fused-ring (bicyclic) bond motifs is 1. The molecule has 0 saturated heterocycles. The van der Waals surface area contributed by atoms with Gasteiger partial charge in [-0.3, -0.25) is 0 Å². The monoisotopic (exact) mass is 268 g/mol. The van der Waals surface area contributed by atoms with E-state index in [9.17, 15) is 0 Å². The Hall–Kier alpha value is -2.78. The Labute approximate surface area is 126 Å². The predicted molar refractivity (Wildman–Crippen MR) is 89.0 cm³/mol. The number of terminal acetylenes is 1. The van der Waals surface area contributed by atoms with E-state index in [1.165, 1.54) is 22.3 Å². The molecule has 2 aliphatic rings. The summed E-state index contributed by atoms with van der Waals surface area (Å²) < 4.78 is 0. The second-order valence-electron chi connectivity index (χ2n) is 5.00. The highest BCUT2D eigenvalue weighted by molar-refractivity contribution is 5.75. The third kappa shape index (κ3) is 2.88. The molecule has 0 aliphatic heterocycles. The van der Waals surface area contributed by atoms with Gasteiger partial charge in [0, 0.05) is 0 Å². The Morgan fingerprint density at radius 1 is 0.571 bits per heavy atom. The van der Waals surface area contributed by atoms with Crippen molar-refractivity contribution in [2.45, 2.75) is 5.92 Å². The van der Waals surface area contributed by atoms with Crippen molar-refractivity contribution in [3.05, 3.63) is 96.1 Å². The lowest BCUT2D eigenvalue weighted by molar-refractivity contribution is 1.07. The van der Waals surface area contributed by atoms with Crippen LogP contribution in [0.3, 0.4) is 0 Å². The molecule has 2 aromatic rings. The summed E-state index contributed by atoms with van der Waals surface area (Å²) in [6.07, 6.45) is 5.59. The Morgan fingerprint density at radius 3 is 1.19 bits per heavy atom. The van der Waals surface area contributed by atoms with Crippen LogP contribution < -0.4 is 0 Å². The van der Waals surface area contributed by atoms with E-state index < -0.39 is 0 Å². The third-order valence-corrected chi connectivity index (χ3v) is 3.65. The van der Waals surface area contributed by atoms with E-state index in [1.807, 2.05) is 36.4 Å². The van der Waals surface area contributed by atoms with E-state index in [1.54, 1.807) is 0 Å². The molecule has 0 unspecified atom stereocenters. The summed E-state index contributed by atoms with van der Waals surface area (Å²) in [5.74, 6) is 2.90. The van der Waals surface area contributed by atoms with E-state index in [-0.39, 0.29) is 5.92 Å². The molecule has 0 N–H and O–H groups in total. The van der Waals surface area contributed by atoms with Crippen LogP contribution in [-0.2, 0) is 0 Å². The Morgan fingerprint density at radius 2 is 0.952 bits per heavy atom. The van der Waals surface area contributed by atoms with Crippen LogP contribution >= 0.6 is 0 Å². The second kappa shape index (κ2) is 6.11. The van der Waals surface area contributed by atoms with Gasteiger partial charge >= 0.3 is 0 Å². The second-order valence-corrected chi connectivity index (χ2v) is 5.00.